The van der Waals surface area contributed by atoms with Gasteiger partial charge in [-0.15, -0.1) is 0 Å². The van der Waals surface area contributed by atoms with Crippen LogP contribution in [0.15, 0.2) is 12.5 Å². The van der Waals surface area contributed by atoms with Crippen LogP contribution in [-0.4, -0.2) is 68.0 Å². The molecule has 0 unspecified atom stereocenters. The minimum atomic E-state index is -1.42. The van der Waals surface area contributed by atoms with E-state index >= 15 is 0 Å². The van der Waals surface area contributed by atoms with Crippen molar-refractivity contribution >= 4 is 29.7 Å². The Balaban J connectivity index is 2.06. The molecule has 12 nitrogen and oxygen atoms in total. The number of hydrogen-bond donors (Lipinski definition) is 6. The lowest BCUT2D eigenvalue weighted by atomic mass is 10.1. The van der Waals surface area contributed by atoms with E-state index in [1.807, 2.05) is 0 Å². The lowest BCUT2D eigenvalue weighted by Gasteiger charge is -2.22. The first kappa shape index (κ1) is 20.9. The highest BCUT2D eigenvalue weighted by Gasteiger charge is 2.32. The third kappa shape index (κ3) is 6.07. The van der Waals surface area contributed by atoms with Gasteiger partial charge >= 0.3 is 11.9 Å². The minimum absolute atomic E-state index is 0.00348. The predicted octanol–water partition coefficient (Wildman–Crippen LogP) is -1.85. The van der Waals surface area contributed by atoms with E-state index in [2.05, 4.69) is 25.9 Å². The highest BCUT2D eigenvalue weighted by atomic mass is 16.4. The molecular formula is C16H21N5O7. The van der Waals surface area contributed by atoms with Crippen molar-refractivity contribution in [1.82, 2.24) is 25.9 Å². The highest BCUT2D eigenvalue weighted by molar-refractivity contribution is 5.95. The van der Waals surface area contributed by atoms with Crippen molar-refractivity contribution in [2.45, 2.75) is 50.2 Å². The molecule has 0 spiro atoms. The zero-order chi connectivity index (χ0) is 20.7. The molecule has 3 amide bonds. The van der Waals surface area contributed by atoms with E-state index in [4.69, 9.17) is 5.11 Å². The maximum absolute atomic E-state index is 12.6. The molecule has 1 aromatic rings. The Hall–Kier alpha value is -3.44. The largest absolute Gasteiger partial charge is 0.481 e. The number of hydrogen-bond acceptors (Lipinski definition) is 6. The molecule has 0 bridgehead atoms. The summed E-state index contributed by atoms with van der Waals surface area (Å²) >= 11 is 0. The number of rotatable bonds is 10. The number of aromatic amines is 1. The Morgan fingerprint density at radius 3 is 2.50 bits per heavy atom. The molecule has 152 valence electrons. The Bertz CT molecular complexity index is 749. The van der Waals surface area contributed by atoms with E-state index in [1.54, 1.807) is 0 Å². The molecule has 0 saturated carbocycles. The first-order chi connectivity index (χ1) is 13.3. The number of nitrogens with zero attached hydrogens (tertiary/aromatic N) is 1. The monoisotopic (exact) mass is 395 g/mol. The maximum Gasteiger partial charge on any atom is 0.326 e. The molecule has 1 aromatic heterocycles. The van der Waals surface area contributed by atoms with Gasteiger partial charge in [0, 0.05) is 31.2 Å². The molecule has 6 N–H and O–H groups in total. The second-order valence-electron chi connectivity index (χ2n) is 6.33. The fourth-order valence-corrected chi connectivity index (χ4v) is 2.71. The quantitative estimate of drug-likeness (QED) is 0.266. The summed E-state index contributed by atoms with van der Waals surface area (Å²) in [5, 5.41) is 25.2. The van der Waals surface area contributed by atoms with Gasteiger partial charge in [0.25, 0.3) is 0 Å². The number of carboxylic acid groups (broad SMARTS) is 2. The minimum Gasteiger partial charge on any atom is -0.481 e. The second kappa shape index (κ2) is 9.48. The van der Waals surface area contributed by atoms with Crippen molar-refractivity contribution in [3.05, 3.63) is 18.2 Å². The summed E-state index contributed by atoms with van der Waals surface area (Å²) in [6, 6.07) is -3.33. The average Bonchev–Trinajstić information content (AvgIpc) is 3.28. The van der Waals surface area contributed by atoms with Crippen LogP contribution in [0.25, 0.3) is 0 Å². The van der Waals surface area contributed by atoms with E-state index in [0.717, 1.165) is 0 Å². The molecular weight excluding hydrogens is 374 g/mol. The van der Waals surface area contributed by atoms with Gasteiger partial charge in [0.2, 0.25) is 17.7 Å². The van der Waals surface area contributed by atoms with Crippen LogP contribution in [0.2, 0.25) is 0 Å². The molecule has 2 heterocycles. The maximum atomic E-state index is 12.6. The van der Waals surface area contributed by atoms with Crippen LogP contribution in [-0.2, 0) is 30.4 Å². The number of H-pyrrole nitrogens is 1. The molecule has 1 aliphatic heterocycles. The topological polar surface area (TPSA) is 191 Å². The summed E-state index contributed by atoms with van der Waals surface area (Å²) in [4.78, 5) is 64.8. The second-order valence-corrected chi connectivity index (χ2v) is 6.33. The number of amides is 3. The lowest BCUT2D eigenvalue weighted by Crippen LogP contribution is -2.55. The third-order valence-corrected chi connectivity index (χ3v) is 4.19. The van der Waals surface area contributed by atoms with Crippen LogP contribution in [0, 0.1) is 0 Å². The number of aromatic nitrogens is 2. The van der Waals surface area contributed by atoms with E-state index in [0.29, 0.717) is 12.1 Å². The molecule has 0 aliphatic carbocycles. The molecule has 12 heteroatoms. The number of nitrogens with one attached hydrogen (secondary N) is 4. The third-order valence-electron chi connectivity index (χ3n) is 4.19. The van der Waals surface area contributed by atoms with Gasteiger partial charge in [0.15, 0.2) is 0 Å². The molecule has 0 radical (unpaired) electrons. The molecule has 3 atom stereocenters. The van der Waals surface area contributed by atoms with Crippen LogP contribution in [0.1, 0.15) is 31.4 Å². The Morgan fingerprint density at radius 2 is 1.96 bits per heavy atom. The van der Waals surface area contributed by atoms with Crippen LogP contribution in [0.3, 0.4) is 0 Å². The van der Waals surface area contributed by atoms with Gasteiger partial charge in [-0.3, -0.25) is 19.2 Å². The zero-order valence-corrected chi connectivity index (χ0v) is 14.8. The van der Waals surface area contributed by atoms with Crippen LogP contribution in [0.4, 0.5) is 0 Å². The van der Waals surface area contributed by atoms with E-state index < -0.39 is 48.3 Å². The molecule has 1 fully saturated rings. The summed E-state index contributed by atoms with van der Waals surface area (Å²) in [5.41, 5.74) is 0.522. The Kier molecular flexibility index (Phi) is 7.07. The van der Waals surface area contributed by atoms with E-state index in [1.165, 1.54) is 12.5 Å². The fraction of sp³-hybridized carbons (Fsp3) is 0.500. The summed E-state index contributed by atoms with van der Waals surface area (Å²) < 4.78 is 0. The van der Waals surface area contributed by atoms with Crippen LogP contribution in [0.5, 0.6) is 0 Å². The van der Waals surface area contributed by atoms with Crippen molar-refractivity contribution in [3.8, 4) is 0 Å². The van der Waals surface area contributed by atoms with Crippen molar-refractivity contribution in [2.24, 2.45) is 0 Å². The van der Waals surface area contributed by atoms with Gasteiger partial charge < -0.3 is 31.1 Å². The first-order valence-corrected chi connectivity index (χ1v) is 8.58. The molecule has 28 heavy (non-hydrogen) atoms. The van der Waals surface area contributed by atoms with Crippen molar-refractivity contribution in [1.29, 1.82) is 0 Å². The standard InChI is InChI=1S/C16H21N5O7/c22-12-3-1-9(19-12)14(25)21-11(5-8-6-17-7-18-8)15(26)20-10(16(27)28)2-4-13(23)24/h6-7,9-11H,1-5H2,(H,17,18)(H,19,22)(H,20,26)(H,21,25)(H,23,24)(H,27,28)/t9-,10-,11-/m0/s1. The summed E-state index contributed by atoms with van der Waals surface area (Å²) in [6.07, 6.45) is 2.58. The van der Waals surface area contributed by atoms with Gasteiger partial charge in [-0.2, -0.15) is 0 Å². The van der Waals surface area contributed by atoms with Gasteiger partial charge in [0.1, 0.15) is 18.1 Å². The van der Waals surface area contributed by atoms with Gasteiger partial charge in [0.05, 0.1) is 6.33 Å². The van der Waals surface area contributed by atoms with E-state index in [9.17, 15) is 29.1 Å². The zero-order valence-electron chi connectivity index (χ0n) is 14.8. The lowest BCUT2D eigenvalue weighted by molar-refractivity contribution is -0.143. The van der Waals surface area contributed by atoms with E-state index in [-0.39, 0.29) is 25.2 Å². The average molecular weight is 395 g/mol. The Morgan fingerprint density at radius 1 is 1.21 bits per heavy atom. The smallest absolute Gasteiger partial charge is 0.326 e. The number of aliphatic carboxylic acids is 2. The molecule has 2 rings (SSSR count). The van der Waals surface area contributed by atoms with Crippen molar-refractivity contribution in [3.63, 3.8) is 0 Å². The van der Waals surface area contributed by atoms with Crippen LogP contribution >= 0.6 is 0 Å². The van der Waals surface area contributed by atoms with Gasteiger partial charge in [-0.1, -0.05) is 0 Å². The van der Waals surface area contributed by atoms with Crippen LogP contribution < -0.4 is 16.0 Å². The van der Waals surface area contributed by atoms with Gasteiger partial charge in [-0.25, -0.2) is 9.78 Å². The number of carbonyl (C=O) groups excluding carboxylic acids is 3. The summed E-state index contributed by atoms with van der Waals surface area (Å²) in [7, 11) is 0. The highest BCUT2D eigenvalue weighted by Crippen LogP contribution is 2.08. The Labute approximate surface area is 159 Å². The summed E-state index contributed by atoms with van der Waals surface area (Å²) in [5.74, 6) is -4.20. The number of carbonyl (C=O) groups is 5. The molecule has 1 aliphatic rings. The summed E-state index contributed by atoms with van der Waals surface area (Å²) in [6.45, 7) is 0. The number of imidazole rings is 1. The first-order valence-electron chi connectivity index (χ1n) is 8.58. The van der Waals surface area contributed by atoms with Crippen molar-refractivity contribution in [2.75, 3.05) is 0 Å². The molecule has 0 aromatic carbocycles. The fourth-order valence-electron chi connectivity index (χ4n) is 2.71. The predicted molar refractivity (Wildman–Crippen MR) is 91.8 cm³/mol. The molecule has 1 saturated heterocycles. The van der Waals surface area contributed by atoms with Gasteiger partial charge in [-0.05, 0) is 12.8 Å². The SMILES string of the molecule is O=C(O)CC[C@H](NC(=O)[C@H](Cc1cnc[nH]1)NC(=O)[C@@H]1CCC(=O)N1)C(=O)O. The normalized spacial score (nSPS) is 18.0. The number of carboxylic acids is 2. The van der Waals surface area contributed by atoms with Crippen molar-refractivity contribution < 1.29 is 34.2 Å².